The van der Waals surface area contributed by atoms with Crippen LogP contribution < -0.4 is 5.32 Å². The molecule has 1 saturated heterocycles. The predicted octanol–water partition coefficient (Wildman–Crippen LogP) is 3.60. The minimum atomic E-state index is -0.880. The van der Waals surface area contributed by atoms with E-state index in [1.807, 2.05) is 55.6 Å². The first-order chi connectivity index (χ1) is 14.1. The van der Waals surface area contributed by atoms with E-state index >= 15 is 0 Å². The summed E-state index contributed by atoms with van der Waals surface area (Å²) in [5.74, 6) is 2.11. The van der Waals surface area contributed by atoms with Gasteiger partial charge in [-0.25, -0.2) is 0 Å². The molecule has 164 valence electrons. The van der Waals surface area contributed by atoms with E-state index < -0.39 is 10.8 Å². The second kappa shape index (κ2) is 13.3. The van der Waals surface area contributed by atoms with Gasteiger partial charge in [0.15, 0.2) is 5.96 Å². The van der Waals surface area contributed by atoms with Crippen LogP contribution in [0.25, 0.3) is 0 Å². The maximum Gasteiger partial charge on any atom is 0.193 e. The van der Waals surface area contributed by atoms with Crippen molar-refractivity contribution < 1.29 is 4.21 Å². The second-order valence-corrected chi connectivity index (χ2v) is 9.15. The molecule has 5 nitrogen and oxygen atoms in total. The number of piperazine rings is 1. The number of nitrogens with one attached hydrogen (secondary N) is 1. The Hall–Kier alpha value is -1.16. The lowest BCUT2D eigenvalue weighted by Gasteiger charge is -2.36. The maximum atomic E-state index is 12.3. The molecule has 0 amide bonds. The molecule has 0 bridgehead atoms. The fourth-order valence-corrected chi connectivity index (χ4v) is 4.70. The molecule has 0 aliphatic carbocycles. The predicted molar refractivity (Wildman–Crippen MR) is 138 cm³/mol. The van der Waals surface area contributed by atoms with Crippen molar-refractivity contribution in [2.45, 2.75) is 12.3 Å². The zero-order valence-corrected chi connectivity index (χ0v) is 21.2. The Balaban J connectivity index is 0.00000320. The zero-order valence-electron chi connectivity index (χ0n) is 17.3. The molecule has 2 aromatic carbocycles. The van der Waals surface area contributed by atoms with Crippen LogP contribution in [-0.2, 0) is 23.1 Å². The number of rotatable bonds is 7. The van der Waals surface area contributed by atoms with Crippen LogP contribution in [0, 0.1) is 0 Å². The molecule has 1 unspecified atom stereocenters. The Bertz CT molecular complexity index is 829. The number of aliphatic imine (C=N–C) groups is 1. The van der Waals surface area contributed by atoms with E-state index in [9.17, 15) is 4.21 Å². The number of hydrogen-bond acceptors (Lipinski definition) is 3. The minimum absolute atomic E-state index is 0. The molecule has 0 aromatic heterocycles. The Morgan fingerprint density at radius 1 is 1.07 bits per heavy atom. The van der Waals surface area contributed by atoms with Gasteiger partial charge in [0.05, 0.1) is 0 Å². The molecule has 0 spiro atoms. The van der Waals surface area contributed by atoms with Gasteiger partial charge in [-0.2, -0.15) is 0 Å². The number of hydrogen-bond donors (Lipinski definition) is 1. The third-order valence-corrected chi connectivity index (χ3v) is 6.51. The van der Waals surface area contributed by atoms with Crippen LogP contribution in [0.2, 0.25) is 5.02 Å². The molecule has 1 fully saturated rings. The van der Waals surface area contributed by atoms with E-state index in [0.29, 0.717) is 18.1 Å². The monoisotopic (exact) mass is 560 g/mol. The van der Waals surface area contributed by atoms with Crippen molar-refractivity contribution in [2.24, 2.45) is 4.99 Å². The topological polar surface area (TPSA) is 47.9 Å². The maximum absolute atomic E-state index is 12.3. The molecule has 3 rings (SSSR count). The molecule has 8 heteroatoms. The molecule has 1 atom stereocenters. The molecule has 1 heterocycles. The van der Waals surface area contributed by atoms with Gasteiger partial charge in [-0.15, -0.1) is 24.0 Å². The highest BCUT2D eigenvalue weighted by molar-refractivity contribution is 14.0. The van der Waals surface area contributed by atoms with Crippen molar-refractivity contribution in [3.8, 4) is 0 Å². The number of nitrogens with zero attached hydrogens (tertiary/aromatic N) is 3. The summed E-state index contributed by atoms with van der Waals surface area (Å²) in [5.41, 5.74) is 2.36. The van der Waals surface area contributed by atoms with Crippen LogP contribution in [0.3, 0.4) is 0 Å². The van der Waals surface area contributed by atoms with Gasteiger partial charge in [0.25, 0.3) is 0 Å². The van der Waals surface area contributed by atoms with E-state index in [1.54, 1.807) is 0 Å². The van der Waals surface area contributed by atoms with Crippen molar-refractivity contribution in [3.05, 3.63) is 70.7 Å². The summed E-state index contributed by atoms with van der Waals surface area (Å²) >= 11 is 6.09. The van der Waals surface area contributed by atoms with Gasteiger partial charge in [-0.05, 0) is 23.3 Å². The molecule has 1 N–H and O–H groups in total. The van der Waals surface area contributed by atoms with E-state index in [0.717, 1.165) is 49.3 Å². The summed E-state index contributed by atoms with van der Waals surface area (Å²) in [6.45, 7) is 5.38. The van der Waals surface area contributed by atoms with E-state index in [1.165, 1.54) is 5.56 Å². The largest absolute Gasteiger partial charge is 0.355 e. The Morgan fingerprint density at radius 3 is 2.43 bits per heavy atom. The van der Waals surface area contributed by atoms with Crippen molar-refractivity contribution in [3.63, 3.8) is 0 Å². The van der Waals surface area contributed by atoms with Crippen molar-refractivity contribution in [2.75, 3.05) is 45.5 Å². The van der Waals surface area contributed by atoms with Gasteiger partial charge in [-0.3, -0.25) is 14.1 Å². The third kappa shape index (κ3) is 8.17. The van der Waals surface area contributed by atoms with Crippen molar-refractivity contribution >= 4 is 52.3 Å². The van der Waals surface area contributed by atoms with Gasteiger partial charge in [-0.1, -0.05) is 54.1 Å². The van der Waals surface area contributed by atoms with Gasteiger partial charge in [0, 0.05) is 73.6 Å². The second-order valence-electron chi connectivity index (χ2n) is 7.14. The number of halogens is 2. The normalized spacial score (nSPS) is 16.1. The standard InChI is InChI=1S/C22H29ClN4OS.HI/c1-24-22(25-10-15-29(28)18-19-6-3-2-4-7-19)27-13-11-26(12-14-27)17-20-8-5-9-21(23)16-20;/h2-9,16H,10-15,17-18H2,1H3,(H,24,25);1H. The fourth-order valence-electron chi connectivity index (χ4n) is 3.45. The van der Waals surface area contributed by atoms with Crippen molar-refractivity contribution in [1.82, 2.24) is 15.1 Å². The Kier molecular flexibility index (Phi) is 11.1. The van der Waals surface area contributed by atoms with Crippen LogP contribution in [0.4, 0.5) is 0 Å². The first kappa shape index (κ1) is 25.1. The lowest BCUT2D eigenvalue weighted by atomic mass is 10.2. The lowest BCUT2D eigenvalue weighted by molar-refractivity contribution is 0.172. The highest BCUT2D eigenvalue weighted by atomic mass is 127. The molecule has 30 heavy (non-hydrogen) atoms. The Labute approximate surface area is 204 Å². The van der Waals surface area contributed by atoms with Gasteiger partial charge >= 0.3 is 0 Å². The molecule has 0 saturated carbocycles. The molecule has 0 radical (unpaired) electrons. The first-order valence-corrected chi connectivity index (χ1v) is 11.8. The molecule has 1 aliphatic heterocycles. The fraction of sp³-hybridized carbons (Fsp3) is 0.409. The Morgan fingerprint density at radius 2 is 1.77 bits per heavy atom. The summed E-state index contributed by atoms with van der Waals surface area (Å²) < 4.78 is 12.3. The van der Waals surface area contributed by atoms with Crippen LogP contribution in [0.1, 0.15) is 11.1 Å². The van der Waals surface area contributed by atoms with Crippen LogP contribution in [-0.4, -0.2) is 65.5 Å². The summed E-state index contributed by atoms with van der Waals surface area (Å²) in [6, 6.07) is 18.1. The molecule has 2 aromatic rings. The smallest absolute Gasteiger partial charge is 0.193 e. The van der Waals surface area contributed by atoms with Crippen LogP contribution in [0.5, 0.6) is 0 Å². The highest BCUT2D eigenvalue weighted by Crippen LogP contribution is 2.14. The average Bonchev–Trinajstić information content (AvgIpc) is 2.73. The van der Waals surface area contributed by atoms with E-state index in [2.05, 4.69) is 26.2 Å². The van der Waals surface area contributed by atoms with Crippen LogP contribution in [0.15, 0.2) is 59.6 Å². The lowest BCUT2D eigenvalue weighted by Crippen LogP contribution is -2.52. The average molecular weight is 561 g/mol. The SMILES string of the molecule is CN=C(NCCS(=O)Cc1ccccc1)N1CCN(Cc2cccc(Cl)c2)CC1.I. The molecule has 1 aliphatic rings. The van der Waals surface area contributed by atoms with E-state index in [4.69, 9.17) is 11.6 Å². The molecular weight excluding hydrogens is 531 g/mol. The molecular formula is C22H30ClIN4OS. The quantitative estimate of drug-likeness (QED) is 0.319. The summed E-state index contributed by atoms with van der Waals surface area (Å²) in [7, 11) is 0.927. The van der Waals surface area contributed by atoms with Gasteiger partial charge in [0.2, 0.25) is 0 Å². The zero-order chi connectivity index (χ0) is 20.5. The van der Waals surface area contributed by atoms with Gasteiger partial charge < -0.3 is 10.2 Å². The van der Waals surface area contributed by atoms with E-state index in [-0.39, 0.29) is 24.0 Å². The minimum Gasteiger partial charge on any atom is -0.355 e. The number of benzene rings is 2. The summed E-state index contributed by atoms with van der Waals surface area (Å²) in [6.07, 6.45) is 0. The van der Waals surface area contributed by atoms with Crippen LogP contribution >= 0.6 is 35.6 Å². The summed E-state index contributed by atoms with van der Waals surface area (Å²) in [4.78, 5) is 9.12. The number of guanidine groups is 1. The first-order valence-electron chi connectivity index (χ1n) is 9.95. The van der Waals surface area contributed by atoms with Gasteiger partial charge in [0.1, 0.15) is 0 Å². The highest BCUT2D eigenvalue weighted by Gasteiger charge is 2.19. The summed E-state index contributed by atoms with van der Waals surface area (Å²) in [5, 5.41) is 4.16. The van der Waals surface area contributed by atoms with Crippen molar-refractivity contribution in [1.29, 1.82) is 0 Å². The third-order valence-electron chi connectivity index (χ3n) is 4.96.